The lowest BCUT2D eigenvalue weighted by Crippen LogP contribution is -2.47. The topological polar surface area (TPSA) is 43.8 Å². The van der Waals surface area contributed by atoms with Crippen LogP contribution in [-0.4, -0.2) is 72.2 Å². The minimum absolute atomic E-state index is 0.153. The van der Waals surface area contributed by atoms with E-state index in [9.17, 15) is 4.79 Å². The maximum atomic E-state index is 11.6. The Bertz CT molecular complexity index is 182. The molecule has 14 heavy (non-hydrogen) atoms. The highest BCUT2D eigenvalue weighted by atomic mass is 32.2. The zero-order valence-corrected chi connectivity index (χ0v) is 9.42. The van der Waals surface area contributed by atoms with Crippen LogP contribution in [0.3, 0.4) is 0 Å². The fourth-order valence-corrected chi connectivity index (χ4v) is 2.00. The zero-order chi connectivity index (χ0) is 10.4. The molecule has 0 atom stereocenters. The second-order valence-electron chi connectivity index (χ2n) is 3.46. The first kappa shape index (κ1) is 11.8. The van der Waals surface area contributed by atoms with Crippen LogP contribution in [0.4, 0.5) is 0 Å². The Kier molecular flexibility index (Phi) is 5.29. The van der Waals surface area contributed by atoms with Gasteiger partial charge < -0.3 is 14.9 Å². The number of hydrogen-bond acceptors (Lipinski definition) is 4. The molecule has 1 fully saturated rings. The first-order valence-electron chi connectivity index (χ1n) is 4.89. The maximum Gasteiger partial charge on any atom is 0.232 e. The van der Waals surface area contributed by atoms with Crippen molar-refractivity contribution in [2.45, 2.75) is 0 Å². The molecule has 1 aliphatic heterocycles. The van der Waals surface area contributed by atoms with Crippen LogP contribution in [0.1, 0.15) is 0 Å². The van der Waals surface area contributed by atoms with Gasteiger partial charge in [-0.2, -0.15) is 0 Å². The lowest BCUT2D eigenvalue weighted by Gasteiger charge is -2.32. The largest absolute Gasteiger partial charge is 0.396 e. The SMILES string of the molecule is CN1CCN(C(=O)CSCCO)CC1. The molecule has 1 heterocycles. The quantitative estimate of drug-likeness (QED) is 0.645. The van der Waals surface area contributed by atoms with Gasteiger partial charge in [0.05, 0.1) is 12.4 Å². The summed E-state index contributed by atoms with van der Waals surface area (Å²) in [5, 5.41) is 8.57. The predicted molar refractivity (Wildman–Crippen MR) is 58.5 cm³/mol. The maximum absolute atomic E-state index is 11.6. The molecule has 4 nitrogen and oxygen atoms in total. The summed E-state index contributed by atoms with van der Waals surface area (Å²) in [6.07, 6.45) is 0. The van der Waals surface area contributed by atoms with Crippen molar-refractivity contribution in [3.63, 3.8) is 0 Å². The first-order valence-corrected chi connectivity index (χ1v) is 6.04. The van der Waals surface area contributed by atoms with E-state index in [0.717, 1.165) is 26.2 Å². The summed E-state index contributed by atoms with van der Waals surface area (Å²) < 4.78 is 0. The summed E-state index contributed by atoms with van der Waals surface area (Å²) in [6.45, 7) is 3.78. The van der Waals surface area contributed by atoms with Gasteiger partial charge in [0.2, 0.25) is 5.91 Å². The molecule has 0 aliphatic carbocycles. The van der Waals surface area contributed by atoms with Crippen molar-refractivity contribution in [2.24, 2.45) is 0 Å². The van der Waals surface area contributed by atoms with Crippen LogP contribution >= 0.6 is 11.8 Å². The van der Waals surface area contributed by atoms with Crippen molar-refractivity contribution in [2.75, 3.05) is 51.3 Å². The average Bonchev–Trinajstić information content (AvgIpc) is 2.19. The number of nitrogens with zero attached hydrogens (tertiary/aromatic N) is 2. The molecule has 1 rings (SSSR count). The molecule has 1 N–H and O–H groups in total. The van der Waals surface area contributed by atoms with E-state index in [1.807, 2.05) is 4.90 Å². The number of carbonyl (C=O) groups excluding carboxylic acids is 1. The molecule has 0 bridgehead atoms. The number of amides is 1. The van der Waals surface area contributed by atoms with Crippen LogP contribution in [0.25, 0.3) is 0 Å². The summed E-state index contributed by atoms with van der Waals surface area (Å²) >= 11 is 1.50. The molecule has 0 aromatic heterocycles. The fourth-order valence-electron chi connectivity index (χ4n) is 1.37. The summed E-state index contributed by atoms with van der Waals surface area (Å²) in [6, 6.07) is 0. The van der Waals surface area contributed by atoms with E-state index in [1.54, 1.807) is 0 Å². The van der Waals surface area contributed by atoms with E-state index in [-0.39, 0.29) is 12.5 Å². The van der Waals surface area contributed by atoms with E-state index in [4.69, 9.17) is 5.11 Å². The minimum atomic E-state index is 0.153. The van der Waals surface area contributed by atoms with E-state index in [1.165, 1.54) is 11.8 Å². The molecule has 5 heteroatoms. The van der Waals surface area contributed by atoms with Crippen LogP contribution in [0.5, 0.6) is 0 Å². The van der Waals surface area contributed by atoms with Crippen LogP contribution < -0.4 is 0 Å². The monoisotopic (exact) mass is 218 g/mol. The number of aliphatic hydroxyl groups excluding tert-OH is 1. The van der Waals surface area contributed by atoms with E-state index in [2.05, 4.69) is 11.9 Å². The summed E-state index contributed by atoms with van der Waals surface area (Å²) in [5.74, 6) is 1.36. The van der Waals surface area contributed by atoms with Crippen LogP contribution in [0, 0.1) is 0 Å². The Labute approximate surface area is 89.3 Å². The third-order valence-electron chi connectivity index (χ3n) is 2.32. The van der Waals surface area contributed by atoms with Gasteiger partial charge in [-0.05, 0) is 7.05 Å². The van der Waals surface area contributed by atoms with Crippen molar-refractivity contribution >= 4 is 17.7 Å². The Morgan fingerprint density at radius 2 is 2.00 bits per heavy atom. The van der Waals surface area contributed by atoms with Crippen molar-refractivity contribution in [3.8, 4) is 0 Å². The normalized spacial score (nSPS) is 18.6. The third kappa shape index (κ3) is 3.86. The molecule has 0 radical (unpaired) electrons. The van der Waals surface area contributed by atoms with Gasteiger partial charge in [0, 0.05) is 31.9 Å². The number of rotatable bonds is 4. The Morgan fingerprint density at radius 1 is 1.36 bits per heavy atom. The fraction of sp³-hybridized carbons (Fsp3) is 0.889. The Balaban J connectivity index is 2.17. The third-order valence-corrected chi connectivity index (χ3v) is 3.24. The van der Waals surface area contributed by atoms with Crippen LogP contribution in [-0.2, 0) is 4.79 Å². The zero-order valence-electron chi connectivity index (χ0n) is 8.61. The molecule has 1 aliphatic rings. The number of carbonyl (C=O) groups is 1. The summed E-state index contributed by atoms with van der Waals surface area (Å²) in [4.78, 5) is 15.7. The highest BCUT2D eigenvalue weighted by molar-refractivity contribution is 7.99. The van der Waals surface area contributed by atoms with Crippen molar-refractivity contribution in [1.29, 1.82) is 0 Å². The molecule has 0 spiro atoms. The van der Waals surface area contributed by atoms with Gasteiger partial charge in [0.1, 0.15) is 0 Å². The van der Waals surface area contributed by atoms with Crippen molar-refractivity contribution in [3.05, 3.63) is 0 Å². The molecular weight excluding hydrogens is 200 g/mol. The molecule has 0 unspecified atom stereocenters. The molecular formula is C9H18N2O2S. The first-order chi connectivity index (χ1) is 6.74. The molecule has 0 aromatic rings. The van der Waals surface area contributed by atoms with Crippen LogP contribution in [0.2, 0.25) is 0 Å². The Hall–Kier alpha value is -0.260. The molecule has 82 valence electrons. The minimum Gasteiger partial charge on any atom is -0.396 e. The van der Waals surface area contributed by atoms with E-state index in [0.29, 0.717) is 11.5 Å². The second-order valence-corrected chi connectivity index (χ2v) is 4.57. The van der Waals surface area contributed by atoms with Gasteiger partial charge in [0.15, 0.2) is 0 Å². The van der Waals surface area contributed by atoms with Gasteiger partial charge in [-0.1, -0.05) is 0 Å². The Morgan fingerprint density at radius 3 is 2.57 bits per heavy atom. The van der Waals surface area contributed by atoms with Crippen LogP contribution in [0.15, 0.2) is 0 Å². The smallest absolute Gasteiger partial charge is 0.232 e. The predicted octanol–water partition coefficient (Wildman–Crippen LogP) is -0.514. The standard InChI is InChI=1S/C9H18N2O2S/c1-10-2-4-11(5-3-10)9(13)8-14-7-6-12/h12H,2-8H2,1H3. The molecule has 0 saturated carbocycles. The summed E-state index contributed by atoms with van der Waals surface area (Å²) in [5.41, 5.74) is 0. The number of thioether (sulfide) groups is 1. The number of aliphatic hydroxyl groups is 1. The van der Waals surface area contributed by atoms with Gasteiger partial charge in [-0.15, -0.1) is 11.8 Å². The highest BCUT2D eigenvalue weighted by Crippen LogP contribution is 2.05. The molecule has 0 aromatic carbocycles. The van der Waals surface area contributed by atoms with E-state index < -0.39 is 0 Å². The van der Waals surface area contributed by atoms with Crippen molar-refractivity contribution < 1.29 is 9.90 Å². The second kappa shape index (κ2) is 6.27. The number of piperazine rings is 1. The highest BCUT2D eigenvalue weighted by Gasteiger charge is 2.18. The lowest BCUT2D eigenvalue weighted by molar-refractivity contribution is -0.129. The van der Waals surface area contributed by atoms with Crippen molar-refractivity contribution in [1.82, 2.24) is 9.80 Å². The number of hydrogen-bond donors (Lipinski definition) is 1. The summed E-state index contributed by atoms with van der Waals surface area (Å²) in [7, 11) is 2.07. The van der Waals surface area contributed by atoms with Gasteiger partial charge in [-0.25, -0.2) is 0 Å². The van der Waals surface area contributed by atoms with Gasteiger partial charge in [0.25, 0.3) is 0 Å². The molecule has 1 saturated heterocycles. The van der Waals surface area contributed by atoms with Gasteiger partial charge in [-0.3, -0.25) is 4.79 Å². The molecule has 1 amide bonds. The lowest BCUT2D eigenvalue weighted by atomic mass is 10.3. The average molecular weight is 218 g/mol. The number of likely N-dealkylation sites (N-methyl/N-ethyl adjacent to an activating group) is 1. The van der Waals surface area contributed by atoms with E-state index >= 15 is 0 Å². The van der Waals surface area contributed by atoms with Gasteiger partial charge >= 0.3 is 0 Å².